The van der Waals surface area contributed by atoms with Crippen LogP contribution in [0.1, 0.15) is 18.9 Å². The normalized spacial score (nSPS) is 13.2. The number of hydrogen-bond donors (Lipinski definition) is 1. The molecule has 2 nitrogen and oxygen atoms in total. The van der Waals surface area contributed by atoms with Gasteiger partial charge in [-0.3, -0.25) is 0 Å². The zero-order valence-electron chi connectivity index (χ0n) is 9.07. The van der Waals surface area contributed by atoms with Gasteiger partial charge in [0.25, 0.3) is 0 Å². The summed E-state index contributed by atoms with van der Waals surface area (Å²) in [5.74, 6) is 0.621. The second kappa shape index (κ2) is 4.49. The van der Waals surface area contributed by atoms with E-state index in [1.165, 1.54) is 10.9 Å². The minimum atomic E-state index is 0.621. The number of furan rings is 1. The smallest absolute Gasteiger partial charge is 0.134 e. The van der Waals surface area contributed by atoms with E-state index < -0.39 is 0 Å². The Morgan fingerprint density at radius 1 is 1.33 bits per heavy atom. The van der Waals surface area contributed by atoms with Crippen LogP contribution in [0.5, 0.6) is 0 Å². The highest BCUT2D eigenvalue weighted by Crippen LogP contribution is 2.23. The highest BCUT2D eigenvalue weighted by atomic mass is 16.3. The van der Waals surface area contributed by atoms with E-state index in [1.54, 1.807) is 0 Å². The molecule has 0 aliphatic heterocycles. The molecule has 0 saturated carbocycles. The summed E-state index contributed by atoms with van der Waals surface area (Å²) in [5.41, 5.74) is 7.82. The molecule has 1 unspecified atom stereocenters. The van der Waals surface area contributed by atoms with Gasteiger partial charge in [-0.05, 0) is 36.9 Å². The second-order valence-electron chi connectivity index (χ2n) is 4.14. The molecule has 0 amide bonds. The van der Waals surface area contributed by atoms with E-state index in [1.807, 2.05) is 18.4 Å². The highest BCUT2D eigenvalue weighted by molar-refractivity contribution is 5.80. The van der Waals surface area contributed by atoms with Gasteiger partial charge in [-0.25, -0.2) is 0 Å². The Kier molecular flexibility index (Phi) is 3.07. The fraction of sp³-hybridized carbons (Fsp3) is 0.385. The number of hydrogen-bond acceptors (Lipinski definition) is 2. The van der Waals surface area contributed by atoms with Crippen LogP contribution >= 0.6 is 0 Å². The standard InChI is InChI=1S/C13H17NO/c1-10(6-7-14)8-11-9-15-13-5-3-2-4-12(11)13/h2-5,9-10H,6-8,14H2,1H3. The molecule has 1 aromatic heterocycles. The van der Waals surface area contributed by atoms with Gasteiger partial charge in [-0.1, -0.05) is 25.1 Å². The largest absolute Gasteiger partial charge is 0.464 e. The molecule has 0 spiro atoms. The van der Waals surface area contributed by atoms with E-state index in [0.29, 0.717) is 5.92 Å². The van der Waals surface area contributed by atoms with Crippen LogP contribution in [-0.4, -0.2) is 6.54 Å². The van der Waals surface area contributed by atoms with Crippen LogP contribution in [0.15, 0.2) is 34.9 Å². The average Bonchev–Trinajstić information content (AvgIpc) is 2.62. The fourth-order valence-corrected chi connectivity index (χ4v) is 1.95. The predicted molar refractivity (Wildman–Crippen MR) is 62.8 cm³/mol. The maximum atomic E-state index is 5.55. The molecule has 0 aliphatic carbocycles. The summed E-state index contributed by atoms with van der Waals surface area (Å²) in [7, 11) is 0. The summed E-state index contributed by atoms with van der Waals surface area (Å²) in [5, 5.41) is 1.24. The maximum absolute atomic E-state index is 5.55. The molecule has 1 heterocycles. The molecule has 1 aromatic carbocycles. The Bertz CT molecular complexity index is 433. The average molecular weight is 203 g/mol. The van der Waals surface area contributed by atoms with Crippen LogP contribution in [0.2, 0.25) is 0 Å². The van der Waals surface area contributed by atoms with Crippen molar-refractivity contribution in [3.8, 4) is 0 Å². The molecule has 2 rings (SSSR count). The monoisotopic (exact) mass is 203 g/mol. The van der Waals surface area contributed by atoms with Crippen molar-refractivity contribution in [2.75, 3.05) is 6.54 Å². The van der Waals surface area contributed by atoms with E-state index in [0.717, 1.165) is 25.0 Å². The van der Waals surface area contributed by atoms with Crippen LogP contribution in [0.3, 0.4) is 0 Å². The summed E-state index contributed by atoms with van der Waals surface area (Å²) in [6.45, 7) is 2.99. The van der Waals surface area contributed by atoms with Crippen molar-refractivity contribution in [3.63, 3.8) is 0 Å². The van der Waals surface area contributed by atoms with Crippen molar-refractivity contribution in [3.05, 3.63) is 36.1 Å². The number of rotatable bonds is 4. The van der Waals surface area contributed by atoms with Gasteiger partial charge in [-0.2, -0.15) is 0 Å². The Morgan fingerprint density at radius 3 is 2.93 bits per heavy atom. The lowest BCUT2D eigenvalue weighted by atomic mass is 9.98. The zero-order valence-corrected chi connectivity index (χ0v) is 9.07. The highest BCUT2D eigenvalue weighted by Gasteiger charge is 2.08. The number of nitrogens with two attached hydrogens (primary N) is 1. The predicted octanol–water partition coefficient (Wildman–Crippen LogP) is 2.96. The molecule has 0 fully saturated rings. The van der Waals surface area contributed by atoms with Gasteiger partial charge >= 0.3 is 0 Å². The van der Waals surface area contributed by atoms with Crippen molar-refractivity contribution in [1.82, 2.24) is 0 Å². The first-order chi connectivity index (χ1) is 7.31. The van der Waals surface area contributed by atoms with Crippen LogP contribution < -0.4 is 5.73 Å². The molecule has 0 saturated heterocycles. The third-order valence-electron chi connectivity index (χ3n) is 2.79. The molecule has 15 heavy (non-hydrogen) atoms. The van der Waals surface area contributed by atoms with Crippen LogP contribution in [0.4, 0.5) is 0 Å². The van der Waals surface area contributed by atoms with E-state index in [4.69, 9.17) is 10.2 Å². The van der Waals surface area contributed by atoms with E-state index >= 15 is 0 Å². The third kappa shape index (κ3) is 2.21. The van der Waals surface area contributed by atoms with Crippen LogP contribution in [0, 0.1) is 5.92 Å². The van der Waals surface area contributed by atoms with Crippen molar-refractivity contribution in [1.29, 1.82) is 0 Å². The van der Waals surface area contributed by atoms with Crippen molar-refractivity contribution < 1.29 is 4.42 Å². The third-order valence-corrected chi connectivity index (χ3v) is 2.79. The molecular formula is C13H17NO. The molecule has 0 radical (unpaired) electrons. The molecule has 80 valence electrons. The molecular weight excluding hydrogens is 186 g/mol. The zero-order chi connectivity index (χ0) is 10.7. The number of para-hydroxylation sites is 1. The Balaban J connectivity index is 2.21. The minimum absolute atomic E-state index is 0.621. The molecule has 2 heteroatoms. The van der Waals surface area contributed by atoms with Crippen molar-refractivity contribution in [2.45, 2.75) is 19.8 Å². The van der Waals surface area contributed by atoms with E-state index in [2.05, 4.69) is 19.1 Å². The molecule has 0 aliphatic rings. The van der Waals surface area contributed by atoms with Gasteiger partial charge in [0.2, 0.25) is 0 Å². The van der Waals surface area contributed by atoms with E-state index in [9.17, 15) is 0 Å². The SMILES string of the molecule is CC(CCN)Cc1coc2ccccc12. The van der Waals surface area contributed by atoms with Crippen molar-refractivity contribution in [2.24, 2.45) is 11.7 Å². The lowest BCUT2D eigenvalue weighted by Crippen LogP contribution is -2.07. The molecule has 2 aromatic rings. The van der Waals surface area contributed by atoms with Crippen LogP contribution in [-0.2, 0) is 6.42 Å². The summed E-state index contributed by atoms with van der Waals surface area (Å²) >= 11 is 0. The topological polar surface area (TPSA) is 39.2 Å². The second-order valence-corrected chi connectivity index (χ2v) is 4.14. The number of fused-ring (bicyclic) bond motifs is 1. The summed E-state index contributed by atoms with van der Waals surface area (Å²) < 4.78 is 5.50. The molecule has 0 bridgehead atoms. The lowest BCUT2D eigenvalue weighted by Gasteiger charge is -2.07. The summed E-state index contributed by atoms with van der Waals surface area (Å²) in [6, 6.07) is 8.17. The fourth-order valence-electron chi connectivity index (χ4n) is 1.95. The van der Waals surface area contributed by atoms with Crippen molar-refractivity contribution >= 4 is 11.0 Å². The Labute approximate surface area is 90.1 Å². The Morgan fingerprint density at radius 2 is 2.13 bits per heavy atom. The summed E-state index contributed by atoms with van der Waals surface area (Å²) in [4.78, 5) is 0. The van der Waals surface area contributed by atoms with Gasteiger partial charge in [0.15, 0.2) is 0 Å². The first kappa shape index (κ1) is 10.2. The van der Waals surface area contributed by atoms with Gasteiger partial charge in [0.1, 0.15) is 5.58 Å². The van der Waals surface area contributed by atoms with Gasteiger partial charge in [0.05, 0.1) is 6.26 Å². The number of benzene rings is 1. The lowest BCUT2D eigenvalue weighted by molar-refractivity contribution is 0.531. The first-order valence-corrected chi connectivity index (χ1v) is 5.46. The quantitative estimate of drug-likeness (QED) is 0.829. The first-order valence-electron chi connectivity index (χ1n) is 5.46. The van der Waals surface area contributed by atoms with Gasteiger partial charge < -0.3 is 10.2 Å². The van der Waals surface area contributed by atoms with E-state index in [-0.39, 0.29) is 0 Å². The van der Waals surface area contributed by atoms with Gasteiger partial charge in [0, 0.05) is 5.39 Å². The maximum Gasteiger partial charge on any atom is 0.134 e. The minimum Gasteiger partial charge on any atom is -0.464 e. The molecule has 1 atom stereocenters. The van der Waals surface area contributed by atoms with Crippen LogP contribution in [0.25, 0.3) is 11.0 Å². The summed E-state index contributed by atoms with van der Waals surface area (Å²) in [6.07, 6.45) is 3.99. The van der Waals surface area contributed by atoms with Gasteiger partial charge in [-0.15, -0.1) is 0 Å². The Hall–Kier alpha value is -1.28. The molecule has 2 N–H and O–H groups in total.